The molecule has 4 heteroatoms. The number of halogens is 1. The van der Waals surface area contributed by atoms with Gasteiger partial charge < -0.3 is 5.32 Å². The first-order valence-electron chi connectivity index (χ1n) is 5.13. The molecule has 0 saturated carbocycles. The second-order valence-corrected chi connectivity index (χ2v) is 5.76. The normalized spacial score (nSPS) is 11.9. The molecule has 0 saturated heterocycles. The molecule has 2 nitrogen and oxygen atoms in total. The van der Waals surface area contributed by atoms with Gasteiger partial charge in [-0.15, -0.1) is 0 Å². The SMILES string of the molecule is CSC(C)CCNc1ccc(Br)cc1C#N. The standard InChI is InChI=1S/C12H15BrN2S/c1-9(16-2)5-6-15-12-4-3-11(13)7-10(12)8-14/h3-4,7,9,15H,5-6H2,1-2H3. The average Bonchev–Trinajstić information content (AvgIpc) is 2.30. The second-order valence-electron chi connectivity index (χ2n) is 3.56. The van der Waals surface area contributed by atoms with Crippen LogP contribution in [-0.4, -0.2) is 18.1 Å². The van der Waals surface area contributed by atoms with Crippen LogP contribution < -0.4 is 5.32 Å². The van der Waals surface area contributed by atoms with Crippen LogP contribution in [0.25, 0.3) is 0 Å². The molecule has 1 unspecified atom stereocenters. The van der Waals surface area contributed by atoms with E-state index in [1.54, 1.807) is 0 Å². The number of hydrogen-bond acceptors (Lipinski definition) is 3. The molecule has 0 spiro atoms. The van der Waals surface area contributed by atoms with Crippen molar-refractivity contribution in [1.29, 1.82) is 5.26 Å². The molecule has 0 aliphatic carbocycles. The lowest BCUT2D eigenvalue weighted by Crippen LogP contribution is -2.08. The minimum atomic E-state index is 0.647. The van der Waals surface area contributed by atoms with Gasteiger partial charge in [0, 0.05) is 16.3 Å². The summed E-state index contributed by atoms with van der Waals surface area (Å²) in [6.45, 7) is 3.11. The van der Waals surface area contributed by atoms with Gasteiger partial charge >= 0.3 is 0 Å². The quantitative estimate of drug-likeness (QED) is 0.896. The Morgan fingerprint density at radius 3 is 2.94 bits per heavy atom. The fourth-order valence-corrected chi connectivity index (χ4v) is 2.01. The molecule has 16 heavy (non-hydrogen) atoms. The molecule has 1 rings (SSSR count). The maximum Gasteiger partial charge on any atom is 0.101 e. The highest BCUT2D eigenvalue weighted by Gasteiger charge is 2.03. The van der Waals surface area contributed by atoms with Crippen LogP contribution in [0.15, 0.2) is 22.7 Å². The molecule has 0 aliphatic rings. The molecular formula is C12H15BrN2S. The van der Waals surface area contributed by atoms with E-state index in [2.05, 4.69) is 40.5 Å². The molecule has 86 valence electrons. The van der Waals surface area contributed by atoms with Crippen LogP contribution in [-0.2, 0) is 0 Å². The molecule has 0 aliphatic heterocycles. The van der Waals surface area contributed by atoms with Crippen LogP contribution >= 0.6 is 27.7 Å². The van der Waals surface area contributed by atoms with Crippen LogP contribution in [0.2, 0.25) is 0 Å². The molecular weight excluding hydrogens is 284 g/mol. The highest BCUT2D eigenvalue weighted by molar-refractivity contribution is 9.10. The third-order valence-corrected chi connectivity index (χ3v) is 3.90. The lowest BCUT2D eigenvalue weighted by Gasteiger charge is -2.11. The summed E-state index contributed by atoms with van der Waals surface area (Å²) in [5, 5.41) is 12.9. The van der Waals surface area contributed by atoms with Crippen LogP contribution in [0.3, 0.4) is 0 Å². The van der Waals surface area contributed by atoms with Crippen molar-refractivity contribution in [3.8, 4) is 6.07 Å². The smallest absolute Gasteiger partial charge is 0.101 e. The second kappa shape index (κ2) is 6.82. The topological polar surface area (TPSA) is 35.8 Å². The number of thioether (sulfide) groups is 1. The number of hydrogen-bond donors (Lipinski definition) is 1. The highest BCUT2D eigenvalue weighted by Crippen LogP contribution is 2.20. The van der Waals surface area contributed by atoms with E-state index in [1.165, 1.54) is 0 Å². The Balaban J connectivity index is 2.57. The highest BCUT2D eigenvalue weighted by atomic mass is 79.9. The molecule has 0 heterocycles. The number of rotatable bonds is 5. The van der Waals surface area contributed by atoms with E-state index in [-0.39, 0.29) is 0 Å². The first kappa shape index (κ1) is 13.4. The first-order chi connectivity index (χ1) is 7.67. The molecule has 0 bridgehead atoms. The molecule has 1 atom stereocenters. The Morgan fingerprint density at radius 2 is 2.31 bits per heavy atom. The molecule has 0 aromatic heterocycles. The van der Waals surface area contributed by atoms with Gasteiger partial charge in [0.15, 0.2) is 0 Å². The van der Waals surface area contributed by atoms with Crippen molar-refractivity contribution in [2.24, 2.45) is 0 Å². The first-order valence-corrected chi connectivity index (χ1v) is 7.21. The fourth-order valence-electron chi connectivity index (χ4n) is 1.29. The summed E-state index contributed by atoms with van der Waals surface area (Å²) < 4.78 is 0.937. The van der Waals surface area contributed by atoms with Gasteiger partial charge in [0.05, 0.1) is 11.3 Å². The number of benzene rings is 1. The summed E-state index contributed by atoms with van der Waals surface area (Å²) >= 11 is 5.22. The summed E-state index contributed by atoms with van der Waals surface area (Å²) in [6, 6.07) is 7.91. The van der Waals surface area contributed by atoms with Crippen molar-refractivity contribution in [2.75, 3.05) is 18.1 Å². The van der Waals surface area contributed by atoms with Crippen molar-refractivity contribution in [3.05, 3.63) is 28.2 Å². The van der Waals surface area contributed by atoms with Crippen molar-refractivity contribution < 1.29 is 0 Å². The monoisotopic (exact) mass is 298 g/mol. The number of nitriles is 1. The van der Waals surface area contributed by atoms with E-state index in [0.717, 1.165) is 23.1 Å². The van der Waals surface area contributed by atoms with Gasteiger partial charge in [-0.2, -0.15) is 17.0 Å². The summed E-state index contributed by atoms with van der Waals surface area (Å²) in [5.74, 6) is 0. The van der Waals surface area contributed by atoms with Gasteiger partial charge in [0.25, 0.3) is 0 Å². The largest absolute Gasteiger partial charge is 0.384 e. The number of nitrogens with zero attached hydrogens (tertiary/aromatic N) is 1. The van der Waals surface area contributed by atoms with E-state index in [0.29, 0.717) is 10.8 Å². The third-order valence-electron chi connectivity index (χ3n) is 2.37. The number of anilines is 1. The van der Waals surface area contributed by atoms with Crippen molar-refractivity contribution >= 4 is 33.4 Å². The zero-order chi connectivity index (χ0) is 12.0. The molecule has 1 aromatic rings. The van der Waals surface area contributed by atoms with E-state index in [9.17, 15) is 0 Å². The van der Waals surface area contributed by atoms with Crippen LogP contribution in [0.1, 0.15) is 18.9 Å². The summed E-state index contributed by atoms with van der Waals surface area (Å²) in [6.07, 6.45) is 3.22. The maximum absolute atomic E-state index is 8.98. The van der Waals surface area contributed by atoms with Gasteiger partial charge in [-0.25, -0.2) is 0 Å². The van der Waals surface area contributed by atoms with Crippen LogP contribution in [0, 0.1) is 11.3 Å². The van der Waals surface area contributed by atoms with Gasteiger partial charge in [-0.1, -0.05) is 22.9 Å². The van der Waals surface area contributed by atoms with Gasteiger partial charge in [-0.05, 0) is 30.9 Å². The van der Waals surface area contributed by atoms with Crippen LogP contribution in [0.5, 0.6) is 0 Å². The van der Waals surface area contributed by atoms with E-state index >= 15 is 0 Å². The summed E-state index contributed by atoms with van der Waals surface area (Å²) in [4.78, 5) is 0. The molecule has 1 N–H and O–H groups in total. The fraction of sp³-hybridized carbons (Fsp3) is 0.417. The predicted molar refractivity (Wildman–Crippen MR) is 74.9 cm³/mol. The van der Waals surface area contributed by atoms with Crippen molar-refractivity contribution in [2.45, 2.75) is 18.6 Å². The predicted octanol–water partition coefficient (Wildman–Crippen LogP) is 3.87. The van der Waals surface area contributed by atoms with Gasteiger partial charge in [0.1, 0.15) is 6.07 Å². The Hall–Kier alpha value is -0.660. The number of nitrogens with one attached hydrogen (secondary N) is 1. The maximum atomic E-state index is 8.98. The van der Waals surface area contributed by atoms with E-state index in [4.69, 9.17) is 5.26 Å². The molecule has 1 aromatic carbocycles. The van der Waals surface area contributed by atoms with Crippen LogP contribution in [0.4, 0.5) is 5.69 Å². The zero-order valence-corrected chi connectivity index (χ0v) is 11.9. The van der Waals surface area contributed by atoms with Gasteiger partial charge in [0.2, 0.25) is 0 Å². The van der Waals surface area contributed by atoms with E-state index in [1.807, 2.05) is 30.0 Å². The Kier molecular flexibility index (Phi) is 5.72. The Morgan fingerprint density at radius 1 is 1.56 bits per heavy atom. The molecule has 0 fully saturated rings. The van der Waals surface area contributed by atoms with Gasteiger partial charge in [-0.3, -0.25) is 0 Å². The third kappa shape index (κ3) is 4.07. The molecule has 0 amide bonds. The lowest BCUT2D eigenvalue weighted by atomic mass is 10.2. The lowest BCUT2D eigenvalue weighted by molar-refractivity contribution is 0.853. The summed E-state index contributed by atoms with van der Waals surface area (Å²) in [5.41, 5.74) is 1.60. The van der Waals surface area contributed by atoms with Crippen molar-refractivity contribution in [3.63, 3.8) is 0 Å². The Bertz CT molecular complexity index is 387. The minimum Gasteiger partial charge on any atom is -0.384 e. The average molecular weight is 299 g/mol. The van der Waals surface area contributed by atoms with Crippen molar-refractivity contribution in [1.82, 2.24) is 0 Å². The minimum absolute atomic E-state index is 0.647. The summed E-state index contributed by atoms with van der Waals surface area (Å²) in [7, 11) is 0. The van der Waals surface area contributed by atoms with E-state index < -0.39 is 0 Å². The zero-order valence-electron chi connectivity index (χ0n) is 9.46. The Labute approximate surface area is 110 Å². The molecule has 0 radical (unpaired) electrons.